The maximum Gasteiger partial charge on any atom is 0.274 e. The molecule has 0 saturated carbocycles. The Balaban J connectivity index is 0.00000264. The summed E-state index contributed by atoms with van der Waals surface area (Å²) in [5.41, 5.74) is 0.338. The Bertz CT molecular complexity index is 517. The highest BCUT2D eigenvalue weighted by atomic mass is 35.5. The molecule has 5 nitrogen and oxygen atoms in total. The number of carbonyl (C=O) groups is 1. The molecule has 2 rings (SSSR count). The lowest BCUT2D eigenvalue weighted by Gasteiger charge is -2.32. The molecule has 23 heavy (non-hydrogen) atoms. The van der Waals surface area contributed by atoms with E-state index in [9.17, 15) is 4.79 Å². The van der Waals surface area contributed by atoms with Crippen molar-refractivity contribution in [2.75, 3.05) is 26.2 Å². The van der Waals surface area contributed by atoms with Crippen LogP contribution in [0.3, 0.4) is 0 Å². The number of amides is 1. The monoisotopic (exact) mass is 360 g/mol. The molecule has 2 heterocycles. The molecule has 1 aliphatic heterocycles. The number of nitrogens with one attached hydrogen (secondary N) is 1. The van der Waals surface area contributed by atoms with Crippen LogP contribution in [0, 0.1) is 5.92 Å². The van der Waals surface area contributed by atoms with E-state index in [1.165, 1.54) is 6.20 Å². The number of hydrogen-bond acceptors (Lipinski definition) is 4. The largest absolute Gasteiger partial charge is 0.337 e. The van der Waals surface area contributed by atoms with E-state index in [4.69, 9.17) is 11.6 Å². The molecule has 7 heteroatoms. The van der Waals surface area contributed by atoms with Gasteiger partial charge in [-0.3, -0.25) is 4.79 Å². The van der Waals surface area contributed by atoms with Crippen molar-refractivity contribution in [2.45, 2.75) is 39.5 Å². The van der Waals surface area contributed by atoms with Crippen molar-refractivity contribution in [1.82, 2.24) is 20.2 Å². The van der Waals surface area contributed by atoms with Gasteiger partial charge in [-0.1, -0.05) is 32.4 Å². The Morgan fingerprint density at radius 1 is 1.43 bits per heavy atom. The topological polar surface area (TPSA) is 58.1 Å². The lowest BCUT2D eigenvalue weighted by atomic mass is 9.96. The quantitative estimate of drug-likeness (QED) is 0.875. The number of aromatic nitrogens is 2. The van der Waals surface area contributed by atoms with Gasteiger partial charge in [-0.2, -0.15) is 0 Å². The molecule has 1 aliphatic rings. The van der Waals surface area contributed by atoms with Gasteiger partial charge in [0.1, 0.15) is 5.82 Å². The zero-order valence-electron chi connectivity index (χ0n) is 14.0. The van der Waals surface area contributed by atoms with Gasteiger partial charge < -0.3 is 10.2 Å². The maximum atomic E-state index is 12.7. The fourth-order valence-electron chi connectivity index (χ4n) is 2.65. The van der Waals surface area contributed by atoms with Crippen LogP contribution in [0.4, 0.5) is 0 Å². The highest BCUT2D eigenvalue weighted by Crippen LogP contribution is 2.22. The smallest absolute Gasteiger partial charge is 0.274 e. The predicted octanol–water partition coefficient (Wildman–Crippen LogP) is 3.14. The summed E-state index contributed by atoms with van der Waals surface area (Å²) in [6.07, 6.45) is 3.59. The van der Waals surface area contributed by atoms with Crippen LogP contribution in [0.15, 0.2) is 6.20 Å². The first kappa shape index (κ1) is 20.1. The molecule has 0 radical (unpaired) electrons. The summed E-state index contributed by atoms with van der Waals surface area (Å²) < 4.78 is 0. The van der Waals surface area contributed by atoms with Crippen LogP contribution in [0.25, 0.3) is 0 Å². The molecule has 0 bridgehead atoms. The molecule has 1 aromatic heterocycles. The molecule has 130 valence electrons. The van der Waals surface area contributed by atoms with E-state index in [2.05, 4.69) is 22.2 Å². The zero-order chi connectivity index (χ0) is 16.1. The van der Waals surface area contributed by atoms with Crippen LogP contribution in [-0.2, 0) is 0 Å². The first-order valence-electron chi connectivity index (χ1n) is 8.05. The van der Waals surface area contributed by atoms with Gasteiger partial charge in [0.05, 0.1) is 11.2 Å². The number of nitrogens with zero attached hydrogens (tertiary/aromatic N) is 3. The van der Waals surface area contributed by atoms with E-state index in [-0.39, 0.29) is 24.2 Å². The Labute approximate surface area is 149 Å². The van der Waals surface area contributed by atoms with Gasteiger partial charge in [-0.05, 0) is 31.8 Å². The molecule has 0 unspecified atom stereocenters. The molecule has 0 spiro atoms. The van der Waals surface area contributed by atoms with E-state index < -0.39 is 0 Å². The molecule has 0 aliphatic carbocycles. The van der Waals surface area contributed by atoms with Crippen LogP contribution in [0.2, 0.25) is 5.02 Å². The number of likely N-dealkylation sites (tertiary alicyclic amines) is 1. The van der Waals surface area contributed by atoms with E-state index >= 15 is 0 Å². The third kappa shape index (κ3) is 5.30. The van der Waals surface area contributed by atoms with Gasteiger partial charge in [0.15, 0.2) is 5.69 Å². The van der Waals surface area contributed by atoms with Gasteiger partial charge in [-0.25, -0.2) is 9.97 Å². The molecule has 1 aromatic rings. The normalized spacial score (nSPS) is 15.6. The molecular weight excluding hydrogens is 335 g/mol. The SMILES string of the molecule is CCNCC1CCN(C(=O)c2nc(C(C)C)ncc2Cl)CC1.Cl. The number of hydrogen-bond donors (Lipinski definition) is 1. The van der Waals surface area contributed by atoms with Crippen LogP contribution < -0.4 is 5.32 Å². The van der Waals surface area contributed by atoms with Crippen molar-refractivity contribution in [3.05, 3.63) is 22.7 Å². The third-order valence-electron chi connectivity index (χ3n) is 4.07. The van der Waals surface area contributed by atoms with Crippen LogP contribution in [-0.4, -0.2) is 47.0 Å². The average molecular weight is 361 g/mol. The van der Waals surface area contributed by atoms with Crippen molar-refractivity contribution < 1.29 is 4.79 Å². The van der Waals surface area contributed by atoms with Crippen molar-refractivity contribution >= 4 is 29.9 Å². The van der Waals surface area contributed by atoms with E-state index in [1.54, 1.807) is 0 Å². The predicted molar refractivity (Wildman–Crippen MR) is 95.6 cm³/mol. The van der Waals surface area contributed by atoms with Crippen LogP contribution in [0.5, 0.6) is 0 Å². The first-order valence-corrected chi connectivity index (χ1v) is 8.43. The van der Waals surface area contributed by atoms with Crippen molar-refractivity contribution in [3.63, 3.8) is 0 Å². The minimum absolute atomic E-state index is 0. The number of piperidine rings is 1. The number of halogens is 2. The molecule has 1 amide bonds. The van der Waals surface area contributed by atoms with Crippen molar-refractivity contribution in [2.24, 2.45) is 5.92 Å². The second-order valence-electron chi connectivity index (χ2n) is 6.12. The number of rotatable bonds is 5. The van der Waals surface area contributed by atoms with E-state index in [0.717, 1.165) is 39.0 Å². The van der Waals surface area contributed by atoms with Gasteiger partial charge in [0.2, 0.25) is 0 Å². The van der Waals surface area contributed by atoms with Crippen molar-refractivity contribution in [3.8, 4) is 0 Å². The fourth-order valence-corrected chi connectivity index (χ4v) is 2.82. The van der Waals surface area contributed by atoms with Crippen LogP contribution in [0.1, 0.15) is 55.8 Å². The first-order chi connectivity index (χ1) is 10.5. The molecular formula is C16H26Cl2N4O. The molecule has 0 aromatic carbocycles. The Morgan fingerprint density at radius 2 is 2.09 bits per heavy atom. The summed E-state index contributed by atoms with van der Waals surface area (Å²) >= 11 is 6.13. The third-order valence-corrected chi connectivity index (χ3v) is 4.34. The van der Waals surface area contributed by atoms with E-state index in [0.29, 0.717) is 22.5 Å². The Morgan fingerprint density at radius 3 is 2.65 bits per heavy atom. The second kappa shape index (κ2) is 9.40. The Hall–Kier alpha value is -0.910. The van der Waals surface area contributed by atoms with Gasteiger partial charge in [0, 0.05) is 19.0 Å². The minimum atomic E-state index is -0.0730. The highest BCUT2D eigenvalue weighted by molar-refractivity contribution is 6.33. The maximum absolute atomic E-state index is 12.7. The number of carbonyl (C=O) groups excluding carboxylic acids is 1. The summed E-state index contributed by atoms with van der Waals surface area (Å²) in [4.78, 5) is 23.1. The minimum Gasteiger partial charge on any atom is -0.337 e. The Kier molecular flexibility index (Phi) is 8.23. The second-order valence-corrected chi connectivity index (χ2v) is 6.53. The molecule has 0 atom stereocenters. The van der Waals surface area contributed by atoms with Gasteiger partial charge in [-0.15, -0.1) is 12.4 Å². The summed E-state index contributed by atoms with van der Waals surface area (Å²) in [7, 11) is 0. The van der Waals surface area contributed by atoms with Crippen molar-refractivity contribution in [1.29, 1.82) is 0 Å². The van der Waals surface area contributed by atoms with Gasteiger partial charge >= 0.3 is 0 Å². The van der Waals surface area contributed by atoms with Gasteiger partial charge in [0.25, 0.3) is 5.91 Å². The molecule has 1 N–H and O–H groups in total. The zero-order valence-corrected chi connectivity index (χ0v) is 15.6. The lowest BCUT2D eigenvalue weighted by molar-refractivity contribution is 0.0684. The van der Waals surface area contributed by atoms with Crippen LogP contribution >= 0.6 is 24.0 Å². The molecule has 1 fully saturated rings. The summed E-state index contributed by atoms with van der Waals surface area (Å²) in [5.74, 6) is 1.41. The molecule has 1 saturated heterocycles. The summed E-state index contributed by atoms with van der Waals surface area (Å²) in [5, 5.41) is 3.71. The average Bonchev–Trinajstić information content (AvgIpc) is 2.53. The summed E-state index contributed by atoms with van der Waals surface area (Å²) in [6.45, 7) is 9.69. The fraction of sp³-hybridized carbons (Fsp3) is 0.688. The van der Waals surface area contributed by atoms with E-state index in [1.807, 2.05) is 18.7 Å². The summed E-state index contributed by atoms with van der Waals surface area (Å²) in [6, 6.07) is 0. The highest BCUT2D eigenvalue weighted by Gasteiger charge is 2.26. The standard InChI is InChI=1S/C16H25ClN4O.ClH/c1-4-18-9-12-5-7-21(8-6-12)16(22)14-13(17)10-19-15(20-14)11(2)3;/h10-12,18H,4-9H2,1-3H3;1H. The lowest BCUT2D eigenvalue weighted by Crippen LogP contribution is -2.41.